The molecule has 1 aliphatic heterocycles. The van der Waals surface area contributed by atoms with E-state index >= 15 is 0 Å². The molecule has 154 valence electrons. The van der Waals surface area contributed by atoms with Crippen LogP contribution in [0.5, 0.6) is 11.5 Å². The van der Waals surface area contributed by atoms with Gasteiger partial charge in [0.2, 0.25) is 0 Å². The average molecular weight is 409 g/mol. The van der Waals surface area contributed by atoms with Crippen LogP contribution in [0.4, 0.5) is 0 Å². The van der Waals surface area contributed by atoms with Crippen molar-refractivity contribution >= 4 is 29.5 Å². The first-order chi connectivity index (χ1) is 13.5. The lowest BCUT2D eigenvalue weighted by atomic mass is 10.2. The summed E-state index contributed by atoms with van der Waals surface area (Å²) in [7, 11) is 0. The quantitative estimate of drug-likeness (QED) is 0.383. The third-order valence-corrected chi connectivity index (χ3v) is 3.99. The minimum Gasteiger partial charge on any atom is -0.490 e. The van der Waals surface area contributed by atoms with E-state index in [1.807, 2.05) is 32.9 Å². The molecule has 1 aromatic carbocycles. The standard InChI is InChI=1S/C19H28N4O4S/c1-4-26-17-11-15(12-20-22-19(28)21-14(2)3)5-6-16(17)27-13-18(24)23-7-9-25-10-8-23/h5-6,11-12,14H,4,7-10,13H2,1-3H3,(H2,21,22,28)/b20-12-. The fraction of sp³-hybridized carbons (Fsp3) is 0.526. The van der Waals surface area contributed by atoms with E-state index in [-0.39, 0.29) is 18.6 Å². The van der Waals surface area contributed by atoms with Gasteiger partial charge >= 0.3 is 0 Å². The molecule has 1 amide bonds. The zero-order valence-corrected chi connectivity index (χ0v) is 17.4. The Morgan fingerprint density at radius 2 is 2.07 bits per heavy atom. The van der Waals surface area contributed by atoms with Crippen molar-refractivity contribution in [2.24, 2.45) is 5.10 Å². The molecule has 1 fully saturated rings. The van der Waals surface area contributed by atoms with E-state index in [1.54, 1.807) is 17.2 Å². The first-order valence-electron chi connectivity index (χ1n) is 9.34. The molecule has 0 bridgehead atoms. The van der Waals surface area contributed by atoms with Gasteiger partial charge in [0, 0.05) is 19.1 Å². The lowest BCUT2D eigenvalue weighted by Crippen LogP contribution is -2.43. The van der Waals surface area contributed by atoms with Gasteiger partial charge in [-0.25, -0.2) is 0 Å². The second-order valence-corrected chi connectivity index (χ2v) is 6.83. The fourth-order valence-electron chi connectivity index (χ4n) is 2.50. The van der Waals surface area contributed by atoms with Crippen LogP contribution in [0.1, 0.15) is 26.3 Å². The molecule has 1 aliphatic rings. The van der Waals surface area contributed by atoms with Gasteiger partial charge in [-0.1, -0.05) is 0 Å². The van der Waals surface area contributed by atoms with Crippen LogP contribution in [0.25, 0.3) is 0 Å². The molecule has 2 rings (SSSR count). The summed E-state index contributed by atoms with van der Waals surface area (Å²) in [5.41, 5.74) is 3.58. The topological polar surface area (TPSA) is 84.4 Å². The molecule has 1 saturated heterocycles. The summed E-state index contributed by atoms with van der Waals surface area (Å²) in [6.07, 6.45) is 1.64. The van der Waals surface area contributed by atoms with Crippen LogP contribution < -0.4 is 20.2 Å². The number of nitrogens with one attached hydrogen (secondary N) is 2. The molecular weight excluding hydrogens is 380 g/mol. The summed E-state index contributed by atoms with van der Waals surface area (Å²) in [6.45, 7) is 8.64. The van der Waals surface area contributed by atoms with Gasteiger partial charge < -0.3 is 24.4 Å². The molecule has 0 saturated carbocycles. The largest absolute Gasteiger partial charge is 0.490 e. The monoisotopic (exact) mass is 408 g/mol. The van der Waals surface area contributed by atoms with Crippen LogP contribution in [-0.4, -0.2) is 67.7 Å². The Morgan fingerprint density at radius 1 is 1.32 bits per heavy atom. The number of morpholine rings is 1. The number of ether oxygens (including phenoxy) is 3. The zero-order valence-electron chi connectivity index (χ0n) is 16.6. The first kappa shape index (κ1) is 21.9. The van der Waals surface area contributed by atoms with Crippen molar-refractivity contribution in [2.75, 3.05) is 39.5 Å². The number of benzene rings is 1. The molecule has 0 radical (unpaired) electrons. The molecule has 1 aromatic rings. The van der Waals surface area contributed by atoms with E-state index < -0.39 is 0 Å². The average Bonchev–Trinajstić information content (AvgIpc) is 2.67. The van der Waals surface area contributed by atoms with E-state index in [0.717, 1.165) is 5.56 Å². The van der Waals surface area contributed by atoms with Gasteiger partial charge in [-0.05, 0) is 56.8 Å². The summed E-state index contributed by atoms with van der Waals surface area (Å²) in [6, 6.07) is 5.64. The molecule has 9 heteroatoms. The summed E-state index contributed by atoms with van der Waals surface area (Å²) < 4.78 is 16.6. The Bertz CT molecular complexity index is 691. The van der Waals surface area contributed by atoms with Crippen molar-refractivity contribution in [3.63, 3.8) is 0 Å². The highest BCUT2D eigenvalue weighted by molar-refractivity contribution is 7.80. The minimum absolute atomic E-state index is 0.0375. The normalized spacial score (nSPS) is 14.2. The maximum atomic E-state index is 12.2. The van der Waals surface area contributed by atoms with E-state index in [1.165, 1.54) is 0 Å². The molecular formula is C19H28N4O4S. The van der Waals surface area contributed by atoms with Crippen molar-refractivity contribution in [2.45, 2.75) is 26.8 Å². The van der Waals surface area contributed by atoms with Crippen LogP contribution in [0.2, 0.25) is 0 Å². The van der Waals surface area contributed by atoms with Gasteiger partial charge in [0.15, 0.2) is 23.2 Å². The van der Waals surface area contributed by atoms with Gasteiger partial charge in [-0.3, -0.25) is 10.2 Å². The number of thiocarbonyl (C=S) groups is 1. The fourth-order valence-corrected chi connectivity index (χ4v) is 2.78. The molecule has 8 nitrogen and oxygen atoms in total. The van der Waals surface area contributed by atoms with Gasteiger partial charge in [-0.2, -0.15) is 5.10 Å². The van der Waals surface area contributed by atoms with Gasteiger partial charge in [0.05, 0.1) is 26.0 Å². The van der Waals surface area contributed by atoms with Crippen molar-refractivity contribution in [1.29, 1.82) is 0 Å². The van der Waals surface area contributed by atoms with E-state index in [0.29, 0.717) is 49.5 Å². The van der Waals surface area contributed by atoms with Crippen molar-refractivity contribution in [3.05, 3.63) is 23.8 Å². The van der Waals surface area contributed by atoms with Crippen LogP contribution in [0.15, 0.2) is 23.3 Å². The highest BCUT2D eigenvalue weighted by Crippen LogP contribution is 2.28. The summed E-state index contributed by atoms with van der Waals surface area (Å²) in [5, 5.41) is 7.61. The van der Waals surface area contributed by atoms with Crippen molar-refractivity contribution < 1.29 is 19.0 Å². The van der Waals surface area contributed by atoms with E-state index in [9.17, 15) is 4.79 Å². The Hall–Kier alpha value is -2.39. The maximum absolute atomic E-state index is 12.2. The van der Waals surface area contributed by atoms with Crippen LogP contribution in [-0.2, 0) is 9.53 Å². The van der Waals surface area contributed by atoms with Crippen LogP contribution in [0.3, 0.4) is 0 Å². The number of amides is 1. The predicted molar refractivity (Wildman–Crippen MR) is 112 cm³/mol. The van der Waals surface area contributed by atoms with Gasteiger partial charge in [0.25, 0.3) is 5.91 Å². The minimum atomic E-state index is -0.0632. The van der Waals surface area contributed by atoms with Gasteiger partial charge in [-0.15, -0.1) is 0 Å². The predicted octanol–water partition coefficient (Wildman–Crippen LogP) is 1.53. The number of hydrogen-bond acceptors (Lipinski definition) is 6. The lowest BCUT2D eigenvalue weighted by Gasteiger charge is -2.26. The number of carbonyl (C=O) groups is 1. The number of hydrogen-bond donors (Lipinski definition) is 2. The first-order valence-corrected chi connectivity index (χ1v) is 9.75. The molecule has 0 atom stereocenters. The van der Waals surface area contributed by atoms with Crippen LogP contribution in [0, 0.1) is 0 Å². The third kappa shape index (κ3) is 7.32. The van der Waals surface area contributed by atoms with Crippen molar-refractivity contribution in [1.82, 2.24) is 15.6 Å². The van der Waals surface area contributed by atoms with Gasteiger partial charge in [0.1, 0.15) is 0 Å². The van der Waals surface area contributed by atoms with E-state index in [4.69, 9.17) is 26.4 Å². The Balaban J connectivity index is 1.95. The lowest BCUT2D eigenvalue weighted by molar-refractivity contribution is -0.137. The Morgan fingerprint density at radius 3 is 2.75 bits per heavy atom. The summed E-state index contributed by atoms with van der Waals surface area (Å²) in [5.74, 6) is 1.02. The molecule has 1 heterocycles. The number of carbonyl (C=O) groups excluding carboxylic acids is 1. The summed E-state index contributed by atoms with van der Waals surface area (Å²) in [4.78, 5) is 14.0. The van der Waals surface area contributed by atoms with E-state index in [2.05, 4.69) is 15.8 Å². The molecule has 0 aliphatic carbocycles. The van der Waals surface area contributed by atoms with Crippen molar-refractivity contribution in [3.8, 4) is 11.5 Å². The number of hydrazone groups is 1. The smallest absolute Gasteiger partial charge is 0.260 e. The summed E-state index contributed by atoms with van der Waals surface area (Å²) >= 11 is 5.12. The zero-order chi connectivity index (χ0) is 20.4. The Kier molecular flexibility index (Phi) is 8.96. The molecule has 0 unspecified atom stereocenters. The molecule has 0 spiro atoms. The van der Waals surface area contributed by atoms with Crippen LogP contribution >= 0.6 is 12.2 Å². The number of rotatable bonds is 8. The molecule has 2 N–H and O–H groups in total. The molecule has 0 aromatic heterocycles. The highest BCUT2D eigenvalue weighted by atomic mass is 32.1. The Labute approximate surface area is 171 Å². The second-order valence-electron chi connectivity index (χ2n) is 6.42. The second kappa shape index (κ2) is 11.5. The highest BCUT2D eigenvalue weighted by Gasteiger charge is 2.18. The maximum Gasteiger partial charge on any atom is 0.260 e. The third-order valence-electron chi connectivity index (χ3n) is 3.78. The SMILES string of the molecule is CCOc1cc(/C=N\NC(=S)NC(C)C)ccc1OCC(=O)N1CCOCC1. The molecule has 28 heavy (non-hydrogen) atoms. The number of nitrogens with zero attached hydrogens (tertiary/aromatic N) is 2.